The number of hydrogen-bond donors (Lipinski definition) is 2. The van der Waals surface area contributed by atoms with Crippen LogP contribution in [0, 0.1) is 0 Å². The van der Waals surface area contributed by atoms with Gasteiger partial charge in [-0.2, -0.15) is 0 Å². The van der Waals surface area contributed by atoms with Gasteiger partial charge in [0.2, 0.25) is 5.91 Å². The van der Waals surface area contributed by atoms with Gasteiger partial charge in [0.25, 0.3) is 0 Å². The van der Waals surface area contributed by atoms with Crippen molar-refractivity contribution in [2.75, 3.05) is 13.7 Å². The largest absolute Gasteiger partial charge is 0.493 e. The van der Waals surface area contributed by atoms with Crippen molar-refractivity contribution < 1.29 is 14.3 Å². The second kappa shape index (κ2) is 7.35. The Bertz CT molecular complexity index is 452. The van der Waals surface area contributed by atoms with Crippen LogP contribution < -0.4 is 20.5 Å². The van der Waals surface area contributed by atoms with Gasteiger partial charge in [0.05, 0.1) is 24.2 Å². The summed E-state index contributed by atoms with van der Waals surface area (Å²) >= 11 is 3.45. The van der Waals surface area contributed by atoms with Crippen LogP contribution in [0.4, 0.5) is 0 Å². The molecule has 0 heterocycles. The van der Waals surface area contributed by atoms with Gasteiger partial charge >= 0.3 is 0 Å². The zero-order chi connectivity index (χ0) is 14.4. The first-order valence-corrected chi connectivity index (χ1v) is 6.80. The molecule has 1 unspecified atom stereocenters. The summed E-state index contributed by atoms with van der Waals surface area (Å²) in [6.07, 6.45) is 0. The summed E-state index contributed by atoms with van der Waals surface area (Å²) in [5.41, 5.74) is 6.17. The third kappa shape index (κ3) is 4.40. The Labute approximate surface area is 121 Å². The lowest BCUT2D eigenvalue weighted by Crippen LogP contribution is -2.38. The monoisotopic (exact) mass is 330 g/mol. The first-order valence-electron chi connectivity index (χ1n) is 6.01. The molecule has 1 aromatic carbocycles. The predicted octanol–water partition coefficient (Wildman–Crippen LogP) is 1.82. The molecule has 1 amide bonds. The van der Waals surface area contributed by atoms with Crippen LogP contribution in [0.1, 0.15) is 19.4 Å². The number of nitrogens with one attached hydrogen (secondary N) is 1. The Morgan fingerprint density at radius 2 is 2.21 bits per heavy atom. The van der Waals surface area contributed by atoms with Crippen molar-refractivity contribution in [3.63, 3.8) is 0 Å². The number of carbonyl (C=O) groups is 1. The van der Waals surface area contributed by atoms with Crippen LogP contribution in [0.2, 0.25) is 0 Å². The molecule has 0 bridgehead atoms. The molecule has 0 saturated heterocycles. The van der Waals surface area contributed by atoms with E-state index in [2.05, 4.69) is 21.2 Å². The molecule has 0 aliphatic heterocycles. The predicted molar refractivity (Wildman–Crippen MR) is 77.4 cm³/mol. The Hall–Kier alpha value is -1.27. The van der Waals surface area contributed by atoms with E-state index >= 15 is 0 Å². The van der Waals surface area contributed by atoms with Crippen LogP contribution in [0.5, 0.6) is 11.5 Å². The van der Waals surface area contributed by atoms with E-state index in [1.54, 1.807) is 14.0 Å². The summed E-state index contributed by atoms with van der Waals surface area (Å²) < 4.78 is 11.6. The molecule has 0 fully saturated rings. The SMILES string of the molecule is CCOc1c(Br)cc(CNC(C)C(N)=O)cc1OC. The maximum Gasteiger partial charge on any atom is 0.234 e. The molecule has 6 heteroatoms. The van der Waals surface area contributed by atoms with E-state index < -0.39 is 0 Å². The third-order valence-electron chi connectivity index (χ3n) is 2.62. The molecule has 0 saturated carbocycles. The van der Waals surface area contributed by atoms with E-state index in [0.717, 1.165) is 10.0 Å². The van der Waals surface area contributed by atoms with Crippen LogP contribution in [0.25, 0.3) is 0 Å². The molecule has 1 rings (SSSR count). The van der Waals surface area contributed by atoms with Gasteiger partial charge in [0.1, 0.15) is 0 Å². The number of hydrogen-bond acceptors (Lipinski definition) is 4. The van der Waals surface area contributed by atoms with E-state index in [1.165, 1.54) is 0 Å². The summed E-state index contributed by atoms with van der Waals surface area (Å²) in [6, 6.07) is 3.42. The highest BCUT2D eigenvalue weighted by molar-refractivity contribution is 9.10. The lowest BCUT2D eigenvalue weighted by atomic mass is 10.2. The minimum Gasteiger partial charge on any atom is -0.493 e. The minimum absolute atomic E-state index is 0.378. The number of amides is 1. The number of ether oxygens (including phenoxy) is 2. The fraction of sp³-hybridized carbons (Fsp3) is 0.462. The Morgan fingerprint density at radius 3 is 2.74 bits per heavy atom. The van der Waals surface area contributed by atoms with Crippen LogP contribution in [-0.2, 0) is 11.3 Å². The quantitative estimate of drug-likeness (QED) is 0.799. The minimum atomic E-state index is -0.378. The average molecular weight is 331 g/mol. The van der Waals surface area contributed by atoms with Crippen LogP contribution in [0.15, 0.2) is 16.6 Å². The lowest BCUT2D eigenvalue weighted by molar-refractivity contribution is -0.119. The Balaban J connectivity index is 2.86. The fourth-order valence-corrected chi connectivity index (χ4v) is 2.14. The van der Waals surface area contributed by atoms with Gasteiger partial charge in [-0.05, 0) is 47.5 Å². The molecule has 0 spiro atoms. The van der Waals surface area contributed by atoms with Gasteiger partial charge in [-0.1, -0.05) is 0 Å². The number of nitrogens with two attached hydrogens (primary N) is 1. The molecule has 1 atom stereocenters. The maximum absolute atomic E-state index is 11.0. The van der Waals surface area contributed by atoms with Gasteiger partial charge in [0, 0.05) is 6.54 Å². The number of rotatable bonds is 7. The number of primary amides is 1. The first kappa shape index (κ1) is 15.8. The number of halogens is 1. The zero-order valence-corrected chi connectivity index (χ0v) is 12.9. The van der Waals surface area contributed by atoms with E-state index in [4.69, 9.17) is 15.2 Å². The smallest absolute Gasteiger partial charge is 0.234 e. The molecule has 106 valence electrons. The standard InChI is InChI=1S/C13H19BrN2O3/c1-4-19-12-10(14)5-9(6-11(12)18-3)7-16-8(2)13(15)17/h5-6,8,16H,4,7H2,1-3H3,(H2,15,17). The van der Waals surface area contributed by atoms with E-state index in [9.17, 15) is 4.79 Å². The average Bonchev–Trinajstić information content (AvgIpc) is 2.38. The molecule has 19 heavy (non-hydrogen) atoms. The van der Waals surface area contributed by atoms with Crippen molar-refractivity contribution in [1.29, 1.82) is 0 Å². The van der Waals surface area contributed by atoms with Crippen LogP contribution in [0.3, 0.4) is 0 Å². The summed E-state index contributed by atoms with van der Waals surface area (Å²) in [7, 11) is 1.59. The Kier molecular flexibility index (Phi) is 6.11. The molecule has 0 radical (unpaired) electrons. The van der Waals surface area contributed by atoms with Crippen molar-refractivity contribution in [1.82, 2.24) is 5.32 Å². The molecular formula is C13H19BrN2O3. The molecule has 0 aromatic heterocycles. The highest BCUT2D eigenvalue weighted by atomic mass is 79.9. The van der Waals surface area contributed by atoms with Gasteiger partial charge in [-0.15, -0.1) is 0 Å². The molecular weight excluding hydrogens is 312 g/mol. The highest BCUT2D eigenvalue weighted by Crippen LogP contribution is 2.36. The fourth-order valence-electron chi connectivity index (χ4n) is 1.53. The van der Waals surface area contributed by atoms with Gasteiger partial charge in [-0.25, -0.2) is 0 Å². The van der Waals surface area contributed by atoms with Gasteiger partial charge in [-0.3, -0.25) is 4.79 Å². The van der Waals surface area contributed by atoms with Gasteiger partial charge in [0.15, 0.2) is 11.5 Å². The number of methoxy groups -OCH3 is 1. The van der Waals surface area contributed by atoms with Crippen molar-refractivity contribution in [3.8, 4) is 11.5 Å². The molecule has 3 N–H and O–H groups in total. The second-order valence-electron chi connectivity index (χ2n) is 4.05. The lowest BCUT2D eigenvalue weighted by Gasteiger charge is -2.15. The van der Waals surface area contributed by atoms with Crippen molar-refractivity contribution in [3.05, 3.63) is 22.2 Å². The normalized spacial score (nSPS) is 12.0. The number of benzene rings is 1. The number of carbonyl (C=O) groups excluding carboxylic acids is 1. The molecule has 0 aliphatic rings. The van der Waals surface area contributed by atoms with Crippen molar-refractivity contribution in [2.24, 2.45) is 5.73 Å². The molecule has 5 nitrogen and oxygen atoms in total. The Morgan fingerprint density at radius 1 is 1.53 bits per heavy atom. The van der Waals surface area contributed by atoms with E-state index in [0.29, 0.717) is 24.7 Å². The van der Waals surface area contributed by atoms with Crippen molar-refractivity contribution in [2.45, 2.75) is 26.4 Å². The second-order valence-corrected chi connectivity index (χ2v) is 4.90. The van der Waals surface area contributed by atoms with E-state index in [-0.39, 0.29) is 11.9 Å². The van der Waals surface area contributed by atoms with Crippen LogP contribution >= 0.6 is 15.9 Å². The van der Waals surface area contributed by atoms with Crippen molar-refractivity contribution >= 4 is 21.8 Å². The summed E-state index contributed by atoms with van der Waals surface area (Å²) in [4.78, 5) is 11.0. The first-order chi connectivity index (χ1) is 8.99. The van der Waals surface area contributed by atoms with Gasteiger partial charge < -0.3 is 20.5 Å². The zero-order valence-electron chi connectivity index (χ0n) is 11.3. The molecule has 0 aliphatic carbocycles. The molecule has 1 aromatic rings. The summed E-state index contributed by atoms with van der Waals surface area (Å²) in [6.45, 7) is 4.72. The van der Waals surface area contributed by atoms with E-state index in [1.807, 2.05) is 19.1 Å². The topological polar surface area (TPSA) is 73.6 Å². The highest BCUT2D eigenvalue weighted by Gasteiger charge is 2.13. The van der Waals surface area contributed by atoms with Crippen LogP contribution in [-0.4, -0.2) is 25.7 Å². The third-order valence-corrected chi connectivity index (χ3v) is 3.21. The maximum atomic E-state index is 11.0. The summed E-state index contributed by atoms with van der Waals surface area (Å²) in [5, 5.41) is 3.04. The summed E-state index contributed by atoms with van der Waals surface area (Å²) in [5.74, 6) is 0.952.